The van der Waals surface area contributed by atoms with Gasteiger partial charge in [-0.2, -0.15) is 0 Å². The van der Waals surface area contributed by atoms with E-state index in [1.807, 2.05) is 0 Å². The zero-order chi connectivity index (χ0) is 15.0. The van der Waals surface area contributed by atoms with E-state index < -0.39 is 17.9 Å². The van der Waals surface area contributed by atoms with Gasteiger partial charge in [0.2, 0.25) is 5.91 Å². The number of hydrogen-bond donors (Lipinski definition) is 3. The van der Waals surface area contributed by atoms with Crippen LogP contribution in [0.15, 0.2) is 24.5 Å². The van der Waals surface area contributed by atoms with E-state index in [1.54, 1.807) is 18.2 Å². The van der Waals surface area contributed by atoms with Gasteiger partial charge in [-0.3, -0.25) is 9.59 Å². The number of aromatic nitrogens is 2. The lowest BCUT2D eigenvalue weighted by molar-refractivity contribution is -0.144. The van der Waals surface area contributed by atoms with Gasteiger partial charge < -0.3 is 20.3 Å². The van der Waals surface area contributed by atoms with Gasteiger partial charge in [0.15, 0.2) is 0 Å². The van der Waals surface area contributed by atoms with E-state index in [9.17, 15) is 14.4 Å². The number of carbonyl (C=O) groups excluding carboxylic acids is 2. The molecule has 3 rings (SSSR count). The summed E-state index contributed by atoms with van der Waals surface area (Å²) in [6, 6.07) is 3.76. The first-order chi connectivity index (χ1) is 10.1. The molecular formula is C13H12N4O4. The second kappa shape index (κ2) is 4.89. The second-order valence-electron chi connectivity index (χ2n) is 4.73. The Balaban J connectivity index is 1.94. The summed E-state index contributed by atoms with van der Waals surface area (Å²) in [5.74, 6) is -2.01. The fourth-order valence-electron chi connectivity index (χ4n) is 2.31. The minimum Gasteiger partial charge on any atom is -0.480 e. The number of nitrogens with zero attached hydrogens (tertiary/aromatic N) is 2. The molecule has 1 aromatic heterocycles. The van der Waals surface area contributed by atoms with Gasteiger partial charge in [-0.15, -0.1) is 0 Å². The van der Waals surface area contributed by atoms with Crippen molar-refractivity contribution in [2.45, 2.75) is 6.04 Å². The Bertz CT molecular complexity index is 739. The lowest BCUT2D eigenvalue weighted by Crippen LogP contribution is -2.59. The molecule has 8 nitrogen and oxygen atoms in total. The fraction of sp³-hybridized carbons (Fsp3) is 0.231. The van der Waals surface area contributed by atoms with Gasteiger partial charge in [0, 0.05) is 12.1 Å². The summed E-state index contributed by atoms with van der Waals surface area (Å²) in [6.45, 7) is -0.358. The zero-order valence-corrected chi connectivity index (χ0v) is 10.9. The normalized spacial score (nSPS) is 18.6. The van der Waals surface area contributed by atoms with Gasteiger partial charge in [0.05, 0.1) is 17.4 Å². The van der Waals surface area contributed by atoms with Crippen LogP contribution in [0.4, 0.5) is 0 Å². The Kier molecular flexibility index (Phi) is 3.05. The van der Waals surface area contributed by atoms with Crippen molar-refractivity contribution in [2.75, 3.05) is 13.1 Å². The maximum atomic E-state index is 12.5. The number of amides is 2. The summed E-state index contributed by atoms with van der Waals surface area (Å²) >= 11 is 0. The van der Waals surface area contributed by atoms with E-state index in [-0.39, 0.29) is 19.0 Å². The minimum absolute atomic E-state index is 0.0911. The van der Waals surface area contributed by atoms with Crippen molar-refractivity contribution in [1.82, 2.24) is 20.2 Å². The summed E-state index contributed by atoms with van der Waals surface area (Å²) < 4.78 is 0. The highest BCUT2D eigenvalue weighted by atomic mass is 16.4. The maximum absolute atomic E-state index is 12.5. The Morgan fingerprint density at radius 3 is 2.95 bits per heavy atom. The number of aliphatic carboxylic acids is 1. The van der Waals surface area contributed by atoms with Crippen LogP contribution in [0.25, 0.3) is 11.0 Å². The van der Waals surface area contributed by atoms with E-state index in [2.05, 4.69) is 15.3 Å². The average molecular weight is 288 g/mol. The van der Waals surface area contributed by atoms with Gasteiger partial charge in [-0.05, 0) is 18.2 Å². The Morgan fingerprint density at radius 1 is 1.38 bits per heavy atom. The number of carbonyl (C=O) groups is 3. The molecule has 2 amide bonds. The topological polar surface area (TPSA) is 115 Å². The first kappa shape index (κ1) is 13.1. The first-order valence-electron chi connectivity index (χ1n) is 6.30. The fourth-order valence-corrected chi connectivity index (χ4v) is 2.31. The van der Waals surface area contributed by atoms with Crippen molar-refractivity contribution in [2.24, 2.45) is 0 Å². The monoisotopic (exact) mass is 288 g/mol. The quantitative estimate of drug-likeness (QED) is 0.694. The molecule has 0 bridgehead atoms. The molecule has 2 heterocycles. The molecule has 0 aliphatic carbocycles. The smallest absolute Gasteiger partial charge is 0.328 e. The molecule has 0 spiro atoms. The highest BCUT2D eigenvalue weighted by Gasteiger charge is 2.35. The molecule has 2 aromatic rings. The van der Waals surface area contributed by atoms with E-state index in [0.29, 0.717) is 16.6 Å². The zero-order valence-electron chi connectivity index (χ0n) is 10.9. The van der Waals surface area contributed by atoms with Crippen LogP contribution in [0.1, 0.15) is 10.4 Å². The molecule has 8 heteroatoms. The molecule has 1 unspecified atom stereocenters. The number of carboxylic acids is 1. The molecular weight excluding hydrogens is 276 g/mol. The summed E-state index contributed by atoms with van der Waals surface area (Å²) in [4.78, 5) is 43.1. The van der Waals surface area contributed by atoms with E-state index in [4.69, 9.17) is 5.11 Å². The molecule has 0 radical (unpaired) electrons. The Labute approximate surface area is 118 Å². The van der Waals surface area contributed by atoms with Gasteiger partial charge in [0.1, 0.15) is 12.6 Å². The number of H-pyrrole nitrogens is 1. The van der Waals surface area contributed by atoms with E-state index >= 15 is 0 Å². The molecule has 21 heavy (non-hydrogen) atoms. The third kappa shape index (κ3) is 2.31. The van der Waals surface area contributed by atoms with Crippen LogP contribution in [0.3, 0.4) is 0 Å². The standard InChI is InChI=1S/C13H12N4O4/c18-11-5-17(10(4-14-11)13(20)21)12(19)7-1-2-8-9(3-7)16-6-15-8/h1-3,6,10H,4-5H2,(H,14,18)(H,15,16)(H,20,21). The summed E-state index contributed by atoms with van der Waals surface area (Å²) in [5, 5.41) is 11.6. The predicted molar refractivity (Wildman–Crippen MR) is 71.6 cm³/mol. The first-order valence-corrected chi connectivity index (χ1v) is 6.30. The number of fused-ring (bicyclic) bond motifs is 1. The van der Waals surface area contributed by atoms with Gasteiger partial charge in [0.25, 0.3) is 5.91 Å². The van der Waals surface area contributed by atoms with Crippen molar-refractivity contribution < 1.29 is 19.5 Å². The van der Waals surface area contributed by atoms with Crippen molar-refractivity contribution in [3.05, 3.63) is 30.1 Å². The predicted octanol–water partition coefficient (Wildman–Crippen LogP) is -0.412. The van der Waals surface area contributed by atoms with Crippen LogP contribution < -0.4 is 5.32 Å². The molecule has 108 valence electrons. The number of benzene rings is 1. The van der Waals surface area contributed by atoms with Gasteiger partial charge in [-0.25, -0.2) is 9.78 Å². The maximum Gasteiger partial charge on any atom is 0.328 e. The van der Waals surface area contributed by atoms with E-state index in [1.165, 1.54) is 6.33 Å². The van der Waals surface area contributed by atoms with Crippen molar-refractivity contribution >= 4 is 28.8 Å². The minimum atomic E-state index is -1.15. The Morgan fingerprint density at radius 2 is 2.19 bits per heavy atom. The van der Waals surface area contributed by atoms with Crippen LogP contribution >= 0.6 is 0 Å². The van der Waals surface area contributed by atoms with Crippen molar-refractivity contribution in [1.29, 1.82) is 0 Å². The molecule has 0 saturated carbocycles. The van der Waals surface area contributed by atoms with Crippen LogP contribution in [0.5, 0.6) is 0 Å². The van der Waals surface area contributed by atoms with Crippen LogP contribution in [0.2, 0.25) is 0 Å². The van der Waals surface area contributed by atoms with Crippen molar-refractivity contribution in [3.63, 3.8) is 0 Å². The van der Waals surface area contributed by atoms with Crippen molar-refractivity contribution in [3.8, 4) is 0 Å². The number of rotatable bonds is 2. The number of piperazine rings is 1. The van der Waals surface area contributed by atoms with Gasteiger partial charge >= 0.3 is 5.97 Å². The number of nitrogens with one attached hydrogen (secondary N) is 2. The lowest BCUT2D eigenvalue weighted by Gasteiger charge is -2.32. The van der Waals surface area contributed by atoms with Crippen LogP contribution in [0, 0.1) is 0 Å². The number of hydrogen-bond acceptors (Lipinski definition) is 4. The Hall–Kier alpha value is -2.90. The van der Waals surface area contributed by atoms with Crippen LogP contribution in [-0.4, -0.2) is 56.9 Å². The average Bonchev–Trinajstić information content (AvgIpc) is 2.93. The number of aromatic amines is 1. The molecule has 3 N–H and O–H groups in total. The second-order valence-corrected chi connectivity index (χ2v) is 4.73. The highest BCUT2D eigenvalue weighted by Crippen LogP contribution is 2.16. The summed E-state index contributed by atoms with van der Waals surface area (Å²) in [6.07, 6.45) is 1.51. The molecule has 1 aliphatic heterocycles. The largest absolute Gasteiger partial charge is 0.480 e. The molecule has 1 fully saturated rings. The third-order valence-electron chi connectivity index (χ3n) is 3.40. The SMILES string of the molecule is O=C1CN(C(=O)c2ccc3nc[nH]c3c2)C(C(=O)O)CN1. The summed E-state index contributed by atoms with van der Waals surface area (Å²) in [7, 11) is 0. The molecule has 1 saturated heterocycles. The van der Waals surface area contributed by atoms with Crippen LogP contribution in [-0.2, 0) is 9.59 Å². The lowest BCUT2D eigenvalue weighted by atomic mass is 10.1. The highest BCUT2D eigenvalue weighted by molar-refractivity contribution is 6.01. The third-order valence-corrected chi connectivity index (χ3v) is 3.40. The van der Waals surface area contributed by atoms with Gasteiger partial charge in [-0.1, -0.05) is 0 Å². The molecule has 1 atom stereocenters. The summed E-state index contributed by atoms with van der Waals surface area (Å²) in [5.41, 5.74) is 1.69. The molecule has 1 aromatic carbocycles. The number of carboxylic acid groups (broad SMARTS) is 1. The molecule has 1 aliphatic rings. The number of imidazole rings is 1. The van der Waals surface area contributed by atoms with E-state index in [0.717, 1.165) is 4.90 Å².